The minimum atomic E-state index is -0.814. The average Bonchev–Trinajstić information content (AvgIpc) is 2.12. The molecular weight excluding hydrogens is 128 g/mol. The number of carbonyl (C=O) groups is 1. The van der Waals surface area contributed by atoms with Crippen LogP contribution in [0.15, 0.2) is 12.2 Å². The molecule has 1 rings (SSSR count). The zero-order valence-corrected chi connectivity index (χ0v) is 6.13. The first-order valence-corrected chi connectivity index (χ1v) is 3.61. The van der Waals surface area contributed by atoms with E-state index >= 15 is 0 Å². The molecule has 2 nitrogen and oxygen atoms in total. The maximum Gasteiger partial charge on any atom is 0.158 e. The van der Waals surface area contributed by atoms with Gasteiger partial charge in [-0.2, -0.15) is 0 Å². The Hall–Kier alpha value is -0.630. The summed E-state index contributed by atoms with van der Waals surface area (Å²) in [5.41, 5.74) is -0.814. The van der Waals surface area contributed by atoms with Gasteiger partial charge in [0, 0.05) is 6.42 Å². The van der Waals surface area contributed by atoms with Crippen molar-refractivity contribution in [2.24, 2.45) is 0 Å². The first kappa shape index (κ1) is 7.48. The van der Waals surface area contributed by atoms with Crippen LogP contribution in [-0.2, 0) is 4.79 Å². The molecule has 0 aromatic carbocycles. The van der Waals surface area contributed by atoms with Gasteiger partial charge in [-0.15, -0.1) is 0 Å². The Morgan fingerprint density at radius 3 is 2.90 bits per heavy atom. The topological polar surface area (TPSA) is 37.3 Å². The van der Waals surface area contributed by atoms with Crippen molar-refractivity contribution in [3.8, 4) is 0 Å². The predicted octanol–water partition coefficient (Wildman–Crippen LogP) is 1.05. The van der Waals surface area contributed by atoms with Crippen molar-refractivity contribution in [2.45, 2.75) is 31.8 Å². The number of aliphatic hydroxyl groups is 1. The number of allylic oxidation sites excluding steroid dienone is 1. The molecule has 0 aliphatic heterocycles. The standard InChI is InChI=1S/C8H12O2/c1-2-4-8(10)5-3-7(9)6-8/h3,5,10H,2,4,6H2,1H3. The van der Waals surface area contributed by atoms with Gasteiger partial charge in [0.25, 0.3) is 0 Å². The molecule has 0 radical (unpaired) electrons. The van der Waals surface area contributed by atoms with Gasteiger partial charge in [0.05, 0.1) is 5.60 Å². The summed E-state index contributed by atoms with van der Waals surface area (Å²) in [6.45, 7) is 1.99. The smallest absolute Gasteiger partial charge is 0.158 e. The molecule has 0 heterocycles. The number of hydrogen-bond donors (Lipinski definition) is 1. The van der Waals surface area contributed by atoms with Gasteiger partial charge in [0.15, 0.2) is 5.78 Å². The maximum absolute atomic E-state index is 10.7. The first-order valence-electron chi connectivity index (χ1n) is 3.61. The van der Waals surface area contributed by atoms with Crippen molar-refractivity contribution in [3.63, 3.8) is 0 Å². The zero-order chi connectivity index (χ0) is 7.61. The van der Waals surface area contributed by atoms with Gasteiger partial charge in [0.2, 0.25) is 0 Å². The van der Waals surface area contributed by atoms with Crippen molar-refractivity contribution in [1.82, 2.24) is 0 Å². The van der Waals surface area contributed by atoms with E-state index < -0.39 is 5.60 Å². The van der Waals surface area contributed by atoms with E-state index in [-0.39, 0.29) is 12.2 Å². The number of hydrogen-bond acceptors (Lipinski definition) is 2. The monoisotopic (exact) mass is 140 g/mol. The summed E-state index contributed by atoms with van der Waals surface area (Å²) in [4.78, 5) is 10.7. The summed E-state index contributed by atoms with van der Waals surface area (Å²) in [6, 6.07) is 0. The molecule has 1 aliphatic rings. The Labute approximate surface area is 60.6 Å². The largest absolute Gasteiger partial charge is 0.385 e. The molecule has 0 fully saturated rings. The molecule has 0 amide bonds. The van der Waals surface area contributed by atoms with E-state index in [0.29, 0.717) is 6.42 Å². The minimum Gasteiger partial charge on any atom is -0.385 e. The van der Waals surface area contributed by atoms with Crippen molar-refractivity contribution < 1.29 is 9.90 Å². The molecular formula is C8H12O2. The molecule has 1 N–H and O–H groups in total. The molecule has 0 saturated carbocycles. The molecule has 1 aliphatic carbocycles. The molecule has 0 bridgehead atoms. The molecule has 0 aromatic rings. The lowest BCUT2D eigenvalue weighted by atomic mass is 9.98. The zero-order valence-electron chi connectivity index (χ0n) is 6.13. The van der Waals surface area contributed by atoms with Crippen LogP contribution in [0.4, 0.5) is 0 Å². The second-order valence-corrected chi connectivity index (χ2v) is 2.83. The van der Waals surface area contributed by atoms with Crippen molar-refractivity contribution in [2.75, 3.05) is 0 Å². The highest BCUT2D eigenvalue weighted by atomic mass is 16.3. The van der Waals surface area contributed by atoms with Gasteiger partial charge < -0.3 is 5.11 Å². The van der Waals surface area contributed by atoms with E-state index in [1.54, 1.807) is 6.08 Å². The Morgan fingerprint density at radius 1 is 1.80 bits per heavy atom. The first-order chi connectivity index (χ1) is 4.66. The van der Waals surface area contributed by atoms with Gasteiger partial charge in [0.1, 0.15) is 0 Å². The van der Waals surface area contributed by atoms with Gasteiger partial charge >= 0.3 is 0 Å². The fourth-order valence-corrected chi connectivity index (χ4v) is 1.27. The molecule has 0 saturated heterocycles. The summed E-state index contributed by atoms with van der Waals surface area (Å²) in [6.07, 6.45) is 4.96. The fraction of sp³-hybridized carbons (Fsp3) is 0.625. The third-order valence-electron chi connectivity index (χ3n) is 1.74. The van der Waals surface area contributed by atoms with Crippen LogP contribution in [0.3, 0.4) is 0 Å². The molecule has 1 atom stereocenters. The van der Waals surface area contributed by atoms with Crippen LogP contribution in [0.1, 0.15) is 26.2 Å². The van der Waals surface area contributed by atoms with Crippen molar-refractivity contribution in [1.29, 1.82) is 0 Å². The number of rotatable bonds is 2. The molecule has 1 unspecified atom stereocenters. The quantitative estimate of drug-likeness (QED) is 0.622. The van der Waals surface area contributed by atoms with Crippen LogP contribution in [0.5, 0.6) is 0 Å². The van der Waals surface area contributed by atoms with Crippen LogP contribution in [0.2, 0.25) is 0 Å². The average molecular weight is 140 g/mol. The Morgan fingerprint density at radius 2 is 2.50 bits per heavy atom. The highest BCUT2D eigenvalue weighted by molar-refractivity contribution is 5.93. The van der Waals surface area contributed by atoms with E-state index in [2.05, 4.69) is 0 Å². The van der Waals surface area contributed by atoms with E-state index in [4.69, 9.17) is 0 Å². The second kappa shape index (κ2) is 2.54. The molecule has 2 heteroatoms. The normalized spacial score (nSPS) is 31.6. The lowest BCUT2D eigenvalue weighted by molar-refractivity contribution is -0.116. The molecule has 10 heavy (non-hydrogen) atoms. The van der Waals surface area contributed by atoms with E-state index in [9.17, 15) is 9.90 Å². The van der Waals surface area contributed by atoms with Crippen molar-refractivity contribution >= 4 is 5.78 Å². The summed E-state index contributed by atoms with van der Waals surface area (Å²) < 4.78 is 0. The summed E-state index contributed by atoms with van der Waals surface area (Å²) in [7, 11) is 0. The van der Waals surface area contributed by atoms with Crippen molar-refractivity contribution in [3.05, 3.63) is 12.2 Å². The predicted molar refractivity (Wildman–Crippen MR) is 38.6 cm³/mol. The lowest BCUT2D eigenvalue weighted by Crippen LogP contribution is -2.23. The van der Waals surface area contributed by atoms with Gasteiger partial charge in [-0.25, -0.2) is 0 Å². The third-order valence-corrected chi connectivity index (χ3v) is 1.74. The van der Waals surface area contributed by atoms with Crippen LogP contribution >= 0.6 is 0 Å². The van der Waals surface area contributed by atoms with E-state index in [1.165, 1.54) is 6.08 Å². The second-order valence-electron chi connectivity index (χ2n) is 2.83. The maximum atomic E-state index is 10.7. The minimum absolute atomic E-state index is 0.0379. The van der Waals surface area contributed by atoms with Gasteiger partial charge in [-0.05, 0) is 18.6 Å². The van der Waals surface area contributed by atoms with Crippen LogP contribution in [0.25, 0.3) is 0 Å². The number of carbonyl (C=O) groups excluding carboxylic acids is 1. The molecule has 0 aromatic heterocycles. The Balaban J connectivity index is 2.56. The highest BCUT2D eigenvalue weighted by Gasteiger charge is 2.29. The van der Waals surface area contributed by atoms with Crippen LogP contribution < -0.4 is 0 Å². The Kier molecular flexibility index (Phi) is 1.90. The Bertz CT molecular complexity index is 172. The lowest BCUT2D eigenvalue weighted by Gasteiger charge is -2.17. The summed E-state index contributed by atoms with van der Waals surface area (Å²) in [5, 5.41) is 9.55. The molecule has 56 valence electrons. The van der Waals surface area contributed by atoms with E-state index in [0.717, 1.165) is 6.42 Å². The van der Waals surface area contributed by atoms with E-state index in [1.807, 2.05) is 6.92 Å². The SMILES string of the molecule is CCCC1(O)C=CC(=O)C1. The van der Waals surface area contributed by atoms with Crippen LogP contribution in [0, 0.1) is 0 Å². The third kappa shape index (κ3) is 1.45. The van der Waals surface area contributed by atoms with Gasteiger partial charge in [-0.3, -0.25) is 4.79 Å². The fourth-order valence-electron chi connectivity index (χ4n) is 1.27. The summed E-state index contributed by atoms with van der Waals surface area (Å²) >= 11 is 0. The highest BCUT2D eigenvalue weighted by Crippen LogP contribution is 2.24. The summed E-state index contributed by atoms with van der Waals surface area (Å²) in [5.74, 6) is 0.0379. The van der Waals surface area contributed by atoms with Gasteiger partial charge in [-0.1, -0.05) is 13.3 Å². The molecule has 0 spiro atoms. The van der Waals surface area contributed by atoms with Crippen LogP contribution in [-0.4, -0.2) is 16.5 Å². The number of ketones is 1.